The maximum absolute atomic E-state index is 12.3. The van der Waals surface area contributed by atoms with Crippen molar-refractivity contribution in [2.24, 2.45) is 0 Å². The van der Waals surface area contributed by atoms with E-state index in [1.807, 2.05) is 30.3 Å². The second-order valence-electron chi connectivity index (χ2n) is 6.00. The van der Waals surface area contributed by atoms with E-state index in [9.17, 15) is 4.79 Å². The Balaban J connectivity index is 1.69. The van der Waals surface area contributed by atoms with Gasteiger partial charge in [-0.3, -0.25) is 9.69 Å². The second kappa shape index (κ2) is 9.63. The molecule has 0 bridgehead atoms. The lowest BCUT2D eigenvalue weighted by molar-refractivity contribution is -0.117. The number of fused-ring (bicyclic) bond motifs is 1. The number of alkyl halides is 3. The number of thiocarbonyl (C=S) groups is 1. The molecule has 0 radical (unpaired) electrons. The van der Waals surface area contributed by atoms with Crippen LogP contribution in [-0.2, 0) is 4.79 Å². The molecule has 1 aliphatic rings. The van der Waals surface area contributed by atoms with E-state index in [1.54, 1.807) is 29.3 Å². The first-order chi connectivity index (χ1) is 13.8. The van der Waals surface area contributed by atoms with E-state index >= 15 is 0 Å². The third-order valence-electron chi connectivity index (χ3n) is 3.93. The zero-order valence-electron chi connectivity index (χ0n) is 15.0. The first-order valence-corrected chi connectivity index (χ1v) is 10.1. The van der Waals surface area contributed by atoms with Crippen molar-refractivity contribution in [1.82, 2.24) is 15.6 Å². The summed E-state index contributed by atoms with van der Waals surface area (Å²) in [5, 5.41) is 5.77. The molecule has 0 fully saturated rings. The van der Waals surface area contributed by atoms with Crippen LogP contribution in [0.4, 0.5) is 5.82 Å². The number of pyridine rings is 1. The summed E-state index contributed by atoms with van der Waals surface area (Å²) < 4.78 is 3.72. The van der Waals surface area contributed by atoms with E-state index in [4.69, 9.17) is 51.8 Å². The zero-order valence-corrected chi connectivity index (χ0v) is 18.1. The number of hydrogen-bond acceptors (Lipinski definition) is 4. The molecule has 1 atom stereocenters. The fourth-order valence-electron chi connectivity index (χ4n) is 2.58. The molecule has 2 N–H and O–H groups in total. The van der Waals surface area contributed by atoms with Crippen LogP contribution in [0.2, 0.25) is 0 Å². The van der Waals surface area contributed by atoms with Crippen molar-refractivity contribution in [2.75, 3.05) is 18.1 Å². The molecule has 6 nitrogen and oxygen atoms in total. The van der Waals surface area contributed by atoms with Crippen LogP contribution >= 0.6 is 47.0 Å². The minimum atomic E-state index is -1.85. The maximum atomic E-state index is 12.3. The molecule has 1 amide bonds. The number of amides is 1. The molecule has 1 unspecified atom stereocenters. The number of rotatable bonds is 4. The van der Waals surface area contributed by atoms with Crippen molar-refractivity contribution < 1.29 is 9.53 Å². The first-order valence-electron chi connectivity index (χ1n) is 8.61. The van der Waals surface area contributed by atoms with Gasteiger partial charge in [0.2, 0.25) is 9.70 Å². The topological polar surface area (TPSA) is 66.5 Å². The minimum absolute atomic E-state index is 0.247. The van der Waals surface area contributed by atoms with Crippen LogP contribution in [0.15, 0.2) is 54.7 Å². The van der Waals surface area contributed by atoms with Crippen LogP contribution < -0.4 is 20.3 Å². The van der Waals surface area contributed by atoms with Crippen molar-refractivity contribution in [1.29, 1.82) is 0 Å². The number of carbonyl (C=O) groups is 1. The summed E-state index contributed by atoms with van der Waals surface area (Å²) in [6.07, 6.45) is 3.58. The Bertz CT molecular complexity index is 906. The highest BCUT2D eigenvalue weighted by molar-refractivity contribution is 7.80. The van der Waals surface area contributed by atoms with E-state index in [1.165, 1.54) is 6.08 Å². The normalized spacial score (nSPS) is 14.7. The lowest BCUT2D eigenvalue weighted by Gasteiger charge is -2.34. The number of anilines is 1. The van der Waals surface area contributed by atoms with Crippen molar-refractivity contribution in [3.63, 3.8) is 0 Å². The van der Waals surface area contributed by atoms with Crippen LogP contribution in [0.25, 0.3) is 6.08 Å². The molecular weight excluding hydrogens is 455 g/mol. The van der Waals surface area contributed by atoms with Crippen molar-refractivity contribution in [2.45, 2.75) is 9.96 Å². The van der Waals surface area contributed by atoms with Crippen LogP contribution in [-0.4, -0.2) is 39.1 Å². The summed E-state index contributed by atoms with van der Waals surface area (Å²) in [5.41, 5.74) is 0.868. The molecule has 0 aliphatic carbocycles. The smallest absolute Gasteiger partial charge is 0.245 e. The highest BCUT2D eigenvalue weighted by Gasteiger charge is 2.36. The van der Waals surface area contributed by atoms with Gasteiger partial charge in [-0.1, -0.05) is 65.1 Å². The predicted octanol–water partition coefficient (Wildman–Crippen LogP) is 3.68. The molecule has 1 aromatic carbocycles. The van der Waals surface area contributed by atoms with Gasteiger partial charge in [0.25, 0.3) is 0 Å². The van der Waals surface area contributed by atoms with Crippen LogP contribution in [0.1, 0.15) is 5.56 Å². The molecule has 3 rings (SSSR count). The highest BCUT2D eigenvalue weighted by atomic mass is 35.6. The van der Waals surface area contributed by atoms with Gasteiger partial charge in [-0.05, 0) is 36.0 Å². The van der Waals surface area contributed by atoms with Gasteiger partial charge in [0.15, 0.2) is 16.7 Å². The van der Waals surface area contributed by atoms with Gasteiger partial charge in [0.1, 0.15) is 12.8 Å². The van der Waals surface area contributed by atoms with Gasteiger partial charge in [0, 0.05) is 12.3 Å². The molecule has 1 aliphatic heterocycles. The van der Waals surface area contributed by atoms with Gasteiger partial charge in [-0.15, -0.1) is 0 Å². The number of nitrogens with one attached hydrogen (secondary N) is 2. The predicted molar refractivity (Wildman–Crippen MR) is 121 cm³/mol. The molecule has 10 heteroatoms. The Morgan fingerprint density at radius 1 is 1.21 bits per heavy atom. The standard InChI is InChI=1S/C19H17Cl3N4O2S/c20-19(21,22)17(24-15(27)9-8-13-5-2-1-3-6-13)25-18(29)26-11-12-28-14-7-4-10-23-16(14)26/h1-10,17H,11-12H2,(H,24,27)(H,25,29)/b9-8+. The molecule has 2 heterocycles. The van der Waals surface area contributed by atoms with Gasteiger partial charge < -0.3 is 15.4 Å². The second-order valence-corrected chi connectivity index (χ2v) is 8.76. The summed E-state index contributed by atoms with van der Waals surface area (Å²) in [6.45, 7) is 0.884. The molecule has 1 aromatic heterocycles. The number of carbonyl (C=O) groups excluding carboxylic acids is 1. The SMILES string of the molecule is O=C(/C=C/c1ccccc1)NC(NC(=S)N1CCOc2cccnc21)C(Cl)(Cl)Cl. The number of benzene rings is 1. The molecule has 0 saturated heterocycles. The summed E-state index contributed by atoms with van der Waals surface area (Å²) in [5.74, 6) is 0.707. The lowest BCUT2D eigenvalue weighted by atomic mass is 10.2. The quantitative estimate of drug-likeness (QED) is 0.307. The van der Waals surface area contributed by atoms with Crippen LogP contribution in [0.5, 0.6) is 5.75 Å². The molecular formula is C19H17Cl3N4O2S. The molecule has 152 valence electrons. The number of halogens is 3. The average Bonchev–Trinajstić information content (AvgIpc) is 2.71. The van der Waals surface area contributed by atoms with Gasteiger partial charge >= 0.3 is 0 Å². The molecule has 2 aromatic rings. The minimum Gasteiger partial charge on any atom is -0.488 e. The largest absolute Gasteiger partial charge is 0.488 e. The Labute approximate surface area is 188 Å². The molecule has 0 spiro atoms. The first kappa shape index (κ1) is 21.6. The monoisotopic (exact) mass is 470 g/mol. The van der Waals surface area contributed by atoms with E-state index < -0.39 is 15.9 Å². The van der Waals surface area contributed by atoms with E-state index in [0.717, 1.165) is 5.56 Å². The molecule has 29 heavy (non-hydrogen) atoms. The van der Waals surface area contributed by atoms with Crippen molar-refractivity contribution in [3.8, 4) is 5.75 Å². The zero-order chi connectivity index (χ0) is 20.9. The summed E-state index contributed by atoms with van der Waals surface area (Å²) >= 11 is 23.6. The summed E-state index contributed by atoms with van der Waals surface area (Å²) in [4.78, 5) is 18.3. The number of aromatic nitrogens is 1. The fourth-order valence-corrected chi connectivity index (χ4v) is 3.20. The van der Waals surface area contributed by atoms with Gasteiger partial charge in [-0.25, -0.2) is 4.98 Å². The maximum Gasteiger partial charge on any atom is 0.245 e. The Kier molecular flexibility index (Phi) is 7.18. The van der Waals surface area contributed by atoms with E-state index in [0.29, 0.717) is 24.7 Å². The highest BCUT2D eigenvalue weighted by Crippen LogP contribution is 2.31. The van der Waals surface area contributed by atoms with E-state index in [2.05, 4.69) is 15.6 Å². The summed E-state index contributed by atoms with van der Waals surface area (Å²) in [7, 11) is 0. The molecule has 0 saturated carbocycles. The lowest BCUT2D eigenvalue weighted by Crippen LogP contribution is -2.58. The third kappa shape index (κ3) is 5.96. The van der Waals surface area contributed by atoms with Gasteiger partial charge in [-0.2, -0.15) is 0 Å². The number of nitrogens with zero attached hydrogens (tertiary/aromatic N) is 2. The Morgan fingerprint density at radius 3 is 2.69 bits per heavy atom. The Morgan fingerprint density at radius 2 is 1.97 bits per heavy atom. The van der Waals surface area contributed by atoms with Crippen molar-refractivity contribution >= 4 is 69.9 Å². The Hall–Kier alpha value is -2.06. The van der Waals surface area contributed by atoms with Crippen LogP contribution in [0.3, 0.4) is 0 Å². The third-order valence-corrected chi connectivity index (χ3v) is 4.93. The van der Waals surface area contributed by atoms with Crippen molar-refractivity contribution in [3.05, 3.63) is 60.3 Å². The fraction of sp³-hybridized carbons (Fsp3) is 0.211. The number of ether oxygens (including phenoxy) is 1. The van der Waals surface area contributed by atoms with Crippen LogP contribution in [0, 0.1) is 0 Å². The van der Waals surface area contributed by atoms with Gasteiger partial charge in [0.05, 0.1) is 6.54 Å². The summed E-state index contributed by atoms with van der Waals surface area (Å²) in [6, 6.07) is 12.9. The average molecular weight is 472 g/mol. The van der Waals surface area contributed by atoms with E-state index in [-0.39, 0.29) is 5.11 Å². The number of hydrogen-bond donors (Lipinski definition) is 2.